The molecule has 1 heterocycles. The summed E-state index contributed by atoms with van der Waals surface area (Å²) >= 11 is 0. The molecule has 1 fully saturated rings. The van der Waals surface area contributed by atoms with Crippen LogP contribution in [0.3, 0.4) is 0 Å². The van der Waals surface area contributed by atoms with Gasteiger partial charge in [-0.05, 0) is 0 Å². The van der Waals surface area contributed by atoms with Crippen molar-refractivity contribution < 1.29 is 25.2 Å². The first kappa shape index (κ1) is 7.90. The Kier molecular flexibility index (Phi) is 1.93. The summed E-state index contributed by atoms with van der Waals surface area (Å²) in [6.07, 6.45) is -2.71. The molecular weight excluding hydrogens is 140 g/mol. The Bertz CT molecular complexity index is 115. The second kappa shape index (κ2) is 2.44. The van der Waals surface area contributed by atoms with Crippen molar-refractivity contribution in [3.63, 3.8) is 0 Å². The quantitative estimate of drug-likeness (QED) is 0.329. The topological polar surface area (TPSA) is 90.2 Å². The van der Waals surface area contributed by atoms with Gasteiger partial charge in [-0.2, -0.15) is 0 Å². The maximum atomic E-state index is 9.16. The Morgan fingerprint density at radius 1 is 1.50 bits per heavy atom. The SMILES string of the molecule is OCC1(O)C(O)COC1O. The standard InChI is InChI=1S/C5H10O5/c6-2-5(9)3(7)1-10-4(5)8/h3-4,6-9H,1-2H2. The van der Waals surface area contributed by atoms with Gasteiger partial charge in [-0.1, -0.05) is 0 Å². The van der Waals surface area contributed by atoms with Gasteiger partial charge in [0.25, 0.3) is 0 Å². The molecule has 0 aromatic rings. The van der Waals surface area contributed by atoms with E-state index in [1.165, 1.54) is 0 Å². The van der Waals surface area contributed by atoms with Crippen molar-refractivity contribution >= 4 is 0 Å². The van der Waals surface area contributed by atoms with E-state index < -0.39 is 24.6 Å². The fourth-order valence-corrected chi connectivity index (χ4v) is 0.819. The van der Waals surface area contributed by atoms with Gasteiger partial charge in [-0.25, -0.2) is 0 Å². The lowest BCUT2D eigenvalue weighted by Gasteiger charge is -2.24. The Hall–Kier alpha value is -0.200. The smallest absolute Gasteiger partial charge is 0.188 e. The zero-order chi connectivity index (χ0) is 7.78. The molecule has 60 valence electrons. The molecule has 0 spiro atoms. The second-order valence-electron chi connectivity index (χ2n) is 2.35. The predicted molar refractivity (Wildman–Crippen MR) is 30.0 cm³/mol. The zero-order valence-corrected chi connectivity index (χ0v) is 5.27. The zero-order valence-electron chi connectivity index (χ0n) is 5.27. The van der Waals surface area contributed by atoms with E-state index in [0.29, 0.717) is 0 Å². The summed E-state index contributed by atoms with van der Waals surface area (Å²) in [6.45, 7) is -0.867. The Labute approximate surface area is 57.5 Å². The fourth-order valence-electron chi connectivity index (χ4n) is 0.819. The van der Waals surface area contributed by atoms with E-state index in [-0.39, 0.29) is 6.61 Å². The third kappa shape index (κ3) is 0.920. The van der Waals surface area contributed by atoms with Gasteiger partial charge in [0.05, 0.1) is 13.2 Å². The van der Waals surface area contributed by atoms with E-state index in [1.54, 1.807) is 0 Å². The molecular formula is C5H10O5. The largest absolute Gasteiger partial charge is 0.393 e. The molecule has 4 N–H and O–H groups in total. The Morgan fingerprint density at radius 3 is 2.30 bits per heavy atom. The van der Waals surface area contributed by atoms with Gasteiger partial charge in [0.1, 0.15) is 6.10 Å². The van der Waals surface area contributed by atoms with E-state index in [0.717, 1.165) is 0 Å². The summed E-state index contributed by atoms with van der Waals surface area (Å²) in [5.41, 5.74) is -1.90. The number of hydrogen-bond acceptors (Lipinski definition) is 5. The average Bonchev–Trinajstić information content (AvgIpc) is 2.18. The molecule has 0 bridgehead atoms. The first-order valence-electron chi connectivity index (χ1n) is 2.92. The minimum Gasteiger partial charge on any atom is -0.393 e. The number of rotatable bonds is 1. The highest BCUT2D eigenvalue weighted by Gasteiger charge is 2.48. The Morgan fingerprint density at radius 2 is 2.10 bits per heavy atom. The van der Waals surface area contributed by atoms with Crippen LogP contribution in [0.25, 0.3) is 0 Å². The van der Waals surface area contributed by atoms with Crippen molar-refractivity contribution in [2.45, 2.75) is 18.0 Å². The summed E-state index contributed by atoms with van der Waals surface area (Å²) in [6, 6.07) is 0. The van der Waals surface area contributed by atoms with E-state index >= 15 is 0 Å². The summed E-state index contributed by atoms with van der Waals surface area (Å²) < 4.78 is 4.47. The van der Waals surface area contributed by atoms with Crippen LogP contribution < -0.4 is 0 Å². The van der Waals surface area contributed by atoms with Gasteiger partial charge >= 0.3 is 0 Å². The normalized spacial score (nSPS) is 48.0. The van der Waals surface area contributed by atoms with Gasteiger partial charge in [0, 0.05) is 0 Å². The molecule has 0 saturated carbocycles. The van der Waals surface area contributed by atoms with Gasteiger partial charge in [0.2, 0.25) is 0 Å². The van der Waals surface area contributed by atoms with E-state index in [2.05, 4.69) is 4.74 Å². The lowest BCUT2D eigenvalue weighted by molar-refractivity contribution is -0.187. The van der Waals surface area contributed by atoms with E-state index in [9.17, 15) is 0 Å². The average molecular weight is 150 g/mol. The highest BCUT2D eigenvalue weighted by molar-refractivity contribution is 4.93. The molecule has 3 atom stereocenters. The van der Waals surface area contributed by atoms with Crippen LogP contribution in [0.2, 0.25) is 0 Å². The molecule has 0 aromatic heterocycles. The van der Waals surface area contributed by atoms with Gasteiger partial charge < -0.3 is 25.2 Å². The molecule has 0 aliphatic carbocycles. The molecule has 1 rings (SSSR count). The van der Waals surface area contributed by atoms with Gasteiger partial charge in [-0.15, -0.1) is 0 Å². The lowest BCUT2D eigenvalue weighted by Crippen LogP contribution is -2.50. The van der Waals surface area contributed by atoms with Crippen LogP contribution in [-0.2, 0) is 4.74 Å². The third-order valence-corrected chi connectivity index (χ3v) is 1.67. The summed E-state index contributed by atoms with van der Waals surface area (Å²) in [5, 5.41) is 35.4. The van der Waals surface area contributed by atoms with Crippen molar-refractivity contribution in [2.24, 2.45) is 0 Å². The number of aliphatic hydroxyl groups excluding tert-OH is 3. The minimum absolute atomic E-state index is 0.155. The molecule has 0 radical (unpaired) electrons. The van der Waals surface area contributed by atoms with Crippen LogP contribution in [0.4, 0.5) is 0 Å². The predicted octanol–water partition coefficient (Wildman–Crippen LogP) is -2.58. The minimum atomic E-state index is -1.90. The number of aliphatic hydroxyl groups is 4. The van der Waals surface area contributed by atoms with Crippen molar-refractivity contribution in [1.82, 2.24) is 0 Å². The molecule has 1 saturated heterocycles. The molecule has 1 aliphatic heterocycles. The Balaban J connectivity index is 2.70. The number of hydrogen-bond donors (Lipinski definition) is 4. The molecule has 0 aromatic carbocycles. The van der Waals surface area contributed by atoms with Crippen LogP contribution in [0.1, 0.15) is 0 Å². The molecule has 1 aliphatic rings. The van der Waals surface area contributed by atoms with Crippen LogP contribution >= 0.6 is 0 Å². The maximum Gasteiger partial charge on any atom is 0.188 e. The molecule has 5 nitrogen and oxygen atoms in total. The lowest BCUT2D eigenvalue weighted by atomic mass is 10.0. The van der Waals surface area contributed by atoms with Crippen LogP contribution in [0.5, 0.6) is 0 Å². The third-order valence-electron chi connectivity index (χ3n) is 1.67. The van der Waals surface area contributed by atoms with Gasteiger partial charge in [0.15, 0.2) is 11.9 Å². The second-order valence-corrected chi connectivity index (χ2v) is 2.35. The molecule has 0 amide bonds. The maximum absolute atomic E-state index is 9.16. The first-order valence-corrected chi connectivity index (χ1v) is 2.92. The van der Waals surface area contributed by atoms with Gasteiger partial charge in [-0.3, -0.25) is 0 Å². The van der Waals surface area contributed by atoms with Crippen molar-refractivity contribution in [3.8, 4) is 0 Å². The highest BCUT2D eigenvalue weighted by Crippen LogP contribution is 2.23. The first-order chi connectivity index (χ1) is 4.61. The highest BCUT2D eigenvalue weighted by atomic mass is 16.6. The summed E-state index contributed by atoms with van der Waals surface area (Å²) in [4.78, 5) is 0. The van der Waals surface area contributed by atoms with Crippen LogP contribution in [-0.4, -0.2) is 51.6 Å². The van der Waals surface area contributed by atoms with Crippen molar-refractivity contribution in [2.75, 3.05) is 13.2 Å². The number of ether oxygens (including phenoxy) is 1. The molecule has 3 unspecified atom stereocenters. The molecule has 10 heavy (non-hydrogen) atoms. The van der Waals surface area contributed by atoms with Crippen LogP contribution in [0.15, 0.2) is 0 Å². The van der Waals surface area contributed by atoms with Crippen molar-refractivity contribution in [3.05, 3.63) is 0 Å². The molecule has 5 heteroatoms. The van der Waals surface area contributed by atoms with E-state index in [1.807, 2.05) is 0 Å². The van der Waals surface area contributed by atoms with E-state index in [4.69, 9.17) is 20.4 Å². The van der Waals surface area contributed by atoms with Crippen LogP contribution in [0, 0.1) is 0 Å². The fraction of sp³-hybridized carbons (Fsp3) is 1.00. The summed E-state index contributed by atoms with van der Waals surface area (Å²) in [5.74, 6) is 0. The summed E-state index contributed by atoms with van der Waals surface area (Å²) in [7, 11) is 0. The monoisotopic (exact) mass is 150 g/mol. The van der Waals surface area contributed by atoms with Crippen molar-refractivity contribution in [1.29, 1.82) is 0 Å².